The lowest BCUT2D eigenvalue weighted by molar-refractivity contribution is 0.0500. The zero-order valence-corrected chi connectivity index (χ0v) is 13.4. The monoisotopic (exact) mass is 322 g/mol. The molecule has 6 nitrogen and oxygen atoms in total. The molecule has 4 rings (SSSR count). The molecular weight excluding hydrogens is 304 g/mol. The van der Waals surface area contributed by atoms with Gasteiger partial charge < -0.3 is 9.32 Å². The fraction of sp³-hybridized carbons (Fsp3) is 0.278. The summed E-state index contributed by atoms with van der Waals surface area (Å²) in [7, 11) is 0. The summed E-state index contributed by atoms with van der Waals surface area (Å²) in [5.41, 5.74) is 2.64. The molecule has 0 aliphatic carbocycles. The van der Waals surface area contributed by atoms with Crippen LogP contribution in [-0.2, 0) is 6.42 Å². The maximum Gasteiger partial charge on any atom is 0.257 e. The summed E-state index contributed by atoms with van der Waals surface area (Å²) >= 11 is 0. The maximum absolute atomic E-state index is 12.7. The molecule has 0 unspecified atom stereocenters. The first-order valence-corrected chi connectivity index (χ1v) is 7.99. The van der Waals surface area contributed by atoms with Gasteiger partial charge in [0.2, 0.25) is 0 Å². The number of hydrogen-bond acceptors (Lipinski definition) is 4. The predicted octanol–water partition coefficient (Wildman–Crippen LogP) is 2.48. The molecule has 0 N–H and O–H groups in total. The second-order valence-corrected chi connectivity index (χ2v) is 6.16. The molecule has 1 fully saturated rings. The second kappa shape index (κ2) is 5.96. The summed E-state index contributed by atoms with van der Waals surface area (Å²) in [5.74, 6) is 1.26. The molecule has 24 heavy (non-hydrogen) atoms. The van der Waals surface area contributed by atoms with Crippen molar-refractivity contribution in [2.24, 2.45) is 5.92 Å². The summed E-state index contributed by atoms with van der Waals surface area (Å²) in [6.45, 7) is 3.45. The predicted molar refractivity (Wildman–Crippen MR) is 87.9 cm³/mol. The van der Waals surface area contributed by atoms with E-state index in [1.54, 1.807) is 29.6 Å². The lowest BCUT2D eigenvalue weighted by Gasteiger charge is -2.39. The molecule has 3 aromatic rings. The van der Waals surface area contributed by atoms with Crippen LogP contribution in [-0.4, -0.2) is 38.7 Å². The molecule has 0 radical (unpaired) electrons. The summed E-state index contributed by atoms with van der Waals surface area (Å²) < 4.78 is 6.79. The van der Waals surface area contributed by atoms with E-state index < -0.39 is 0 Å². The molecular formula is C18H18N4O2. The molecule has 0 bridgehead atoms. The molecule has 1 aliphatic rings. The minimum Gasteiger partial charge on any atom is -0.472 e. The summed E-state index contributed by atoms with van der Waals surface area (Å²) in [5, 5.41) is 4.32. The summed E-state index contributed by atoms with van der Waals surface area (Å²) in [6, 6.07) is 7.61. The van der Waals surface area contributed by atoms with Gasteiger partial charge in [0.15, 0.2) is 5.82 Å². The molecule has 1 amide bonds. The van der Waals surface area contributed by atoms with Gasteiger partial charge in [-0.15, -0.1) is 0 Å². The van der Waals surface area contributed by atoms with Gasteiger partial charge in [-0.25, -0.2) is 9.67 Å². The van der Waals surface area contributed by atoms with Crippen LogP contribution in [0.4, 0.5) is 0 Å². The van der Waals surface area contributed by atoms with Gasteiger partial charge in [-0.3, -0.25) is 4.79 Å². The quantitative estimate of drug-likeness (QED) is 0.740. The van der Waals surface area contributed by atoms with Crippen molar-refractivity contribution < 1.29 is 9.21 Å². The molecule has 0 saturated carbocycles. The zero-order valence-electron chi connectivity index (χ0n) is 13.4. The highest BCUT2D eigenvalue weighted by molar-refractivity contribution is 5.95. The van der Waals surface area contributed by atoms with Crippen LogP contribution in [0.25, 0.3) is 5.82 Å². The largest absolute Gasteiger partial charge is 0.472 e. The average molecular weight is 322 g/mol. The highest BCUT2D eigenvalue weighted by Gasteiger charge is 2.32. The number of carbonyl (C=O) groups is 1. The Bertz CT molecular complexity index is 833. The van der Waals surface area contributed by atoms with Gasteiger partial charge >= 0.3 is 0 Å². The van der Waals surface area contributed by atoms with E-state index in [1.807, 2.05) is 36.1 Å². The molecule has 0 aromatic carbocycles. The summed E-state index contributed by atoms with van der Waals surface area (Å²) in [6.07, 6.45) is 7.76. The third-order valence-electron chi connectivity index (χ3n) is 4.46. The van der Waals surface area contributed by atoms with Gasteiger partial charge in [0.25, 0.3) is 5.91 Å². The van der Waals surface area contributed by atoms with Gasteiger partial charge in [-0.1, -0.05) is 6.07 Å². The molecule has 1 saturated heterocycles. The maximum atomic E-state index is 12.7. The number of pyridine rings is 1. The Labute approximate surface area is 139 Å². The van der Waals surface area contributed by atoms with Crippen LogP contribution < -0.4 is 0 Å². The van der Waals surface area contributed by atoms with Crippen molar-refractivity contribution in [1.29, 1.82) is 0 Å². The van der Waals surface area contributed by atoms with Crippen LogP contribution in [0.5, 0.6) is 0 Å². The van der Waals surface area contributed by atoms with Gasteiger partial charge in [-0.2, -0.15) is 5.10 Å². The molecule has 6 heteroatoms. The van der Waals surface area contributed by atoms with Gasteiger partial charge in [0, 0.05) is 19.3 Å². The average Bonchev–Trinajstić information content (AvgIpc) is 3.20. The Balaban J connectivity index is 1.44. The van der Waals surface area contributed by atoms with E-state index in [0.29, 0.717) is 11.5 Å². The van der Waals surface area contributed by atoms with Crippen molar-refractivity contribution in [3.05, 3.63) is 66.0 Å². The zero-order chi connectivity index (χ0) is 16.5. The lowest BCUT2D eigenvalue weighted by Crippen LogP contribution is -2.50. The first-order valence-electron chi connectivity index (χ1n) is 7.99. The lowest BCUT2D eigenvalue weighted by atomic mass is 9.92. The minimum atomic E-state index is 0.0399. The minimum absolute atomic E-state index is 0.0399. The Morgan fingerprint density at radius 2 is 2.21 bits per heavy atom. The molecule has 3 aromatic heterocycles. The Morgan fingerprint density at radius 1 is 1.33 bits per heavy atom. The van der Waals surface area contributed by atoms with Crippen LogP contribution in [0.1, 0.15) is 21.6 Å². The highest BCUT2D eigenvalue weighted by atomic mass is 16.3. The third-order valence-corrected chi connectivity index (χ3v) is 4.46. The Kier molecular flexibility index (Phi) is 3.65. The van der Waals surface area contributed by atoms with Crippen molar-refractivity contribution in [2.45, 2.75) is 13.3 Å². The summed E-state index contributed by atoms with van der Waals surface area (Å²) in [4.78, 5) is 18.8. The van der Waals surface area contributed by atoms with Crippen molar-refractivity contribution in [1.82, 2.24) is 19.7 Å². The number of nitrogens with zero attached hydrogens (tertiary/aromatic N) is 4. The van der Waals surface area contributed by atoms with E-state index in [4.69, 9.17) is 4.42 Å². The number of amides is 1. The smallest absolute Gasteiger partial charge is 0.257 e. The van der Waals surface area contributed by atoms with Crippen molar-refractivity contribution in [2.75, 3.05) is 13.1 Å². The number of hydrogen-bond donors (Lipinski definition) is 0. The molecule has 0 atom stereocenters. The van der Waals surface area contributed by atoms with Crippen molar-refractivity contribution >= 4 is 5.91 Å². The highest BCUT2D eigenvalue weighted by Crippen LogP contribution is 2.24. The fourth-order valence-electron chi connectivity index (χ4n) is 3.11. The fourth-order valence-corrected chi connectivity index (χ4v) is 3.11. The van der Waals surface area contributed by atoms with E-state index in [9.17, 15) is 4.79 Å². The van der Waals surface area contributed by atoms with Crippen LogP contribution >= 0.6 is 0 Å². The number of furan rings is 1. The first kappa shape index (κ1) is 14.7. The number of rotatable bonds is 4. The number of likely N-dealkylation sites (tertiary alicyclic amines) is 1. The molecule has 0 spiro atoms. The normalized spacial score (nSPS) is 14.6. The van der Waals surface area contributed by atoms with Gasteiger partial charge in [0.1, 0.15) is 0 Å². The van der Waals surface area contributed by atoms with Crippen LogP contribution in [0, 0.1) is 12.8 Å². The topological polar surface area (TPSA) is 64.2 Å². The molecule has 122 valence electrons. The Morgan fingerprint density at radius 3 is 2.92 bits per heavy atom. The van der Waals surface area contributed by atoms with Crippen LogP contribution in [0.3, 0.4) is 0 Å². The SMILES string of the molecule is Cc1c(C(=O)N2CC(Cc3ccoc3)C2)cnn1-c1ccccn1. The Hall–Kier alpha value is -2.89. The molecule has 4 heterocycles. The standard InChI is InChI=1S/C18H18N4O2/c1-13-16(9-20-22(13)17-4-2-3-6-19-17)18(23)21-10-15(11-21)8-14-5-7-24-12-14/h2-7,9,12,15H,8,10-11H2,1H3. The van der Waals surface area contributed by atoms with Gasteiger partial charge in [0.05, 0.1) is 30.0 Å². The third kappa shape index (κ3) is 2.60. The van der Waals surface area contributed by atoms with E-state index >= 15 is 0 Å². The van der Waals surface area contributed by atoms with E-state index in [1.165, 1.54) is 5.56 Å². The van der Waals surface area contributed by atoms with Crippen molar-refractivity contribution in [3.8, 4) is 5.82 Å². The van der Waals surface area contributed by atoms with Crippen LogP contribution in [0.15, 0.2) is 53.6 Å². The van der Waals surface area contributed by atoms with Gasteiger partial charge in [-0.05, 0) is 43.0 Å². The number of aromatic nitrogens is 3. The van der Waals surface area contributed by atoms with E-state index in [-0.39, 0.29) is 5.91 Å². The van der Waals surface area contributed by atoms with Crippen molar-refractivity contribution in [3.63, 3.8) is 0 Å². The van der Waals surface area contributed by atoms with E-state index in [0.717, 1.165) is 31.0 Å². The second-order valence-electron chi connectivity index (χ2n) is 6.16. The molecule has 1 aliphatic heterocycles. The van der Waals surface area contributed by atoms with Crippen LogP contribution in [0.2, 0.25) is 0 Å². The first-order chi connectivity index (χ1) is 11.7. The van der Waals surface area contributed by atoms with E-state index in [2.05, 4.69) is 10.1 Å². The number of carbonyl (C=O) groups excluding carboxylic acids is 1.